The molecule has 1 aliphatic rings. The highest BCUT2D eigenvalue weighted by molar-refractivity contribution is 8.00. The van der Waals surface area contributed by atoms with Crippen LogP contribution in [-0.2, 0) is 15.9 Å². The molecule has 0 aliphatic carbocycles. The van der Waals surface area contributed by atoms with Gasteiger partial charge in [-0.2, -0.15) is 4.37 Å². The molecule has 2 rings (SSSR count). The van der Waals surface area contributed by atoms with Gasteiger partial charge < -0.3 is 9.47 Å². The molecule has 0 spiro atoms. The third-order valence-electron chi connectivity index (χ3n) is 2.52. The van der Waals surface area contributed by atoms with Crippen LogP contribution in [0.25, 0.3) is 0 Å². The number of rotatable bonds is 6. The van der Waals surface area contributed by atoms with Gasteiger partial charge in [-0.25, -0.2) is 4.98 Å². The number of nitrogens with zero attached hydrogens (tertiary/aromatic N) is 2. The number of aryl methyl sites for hydroxylation is 1. The van der Waals surface area contributed by atoms with Crippen LogP contribution in [0, 0.1) is 0 Å². The number of hydrogen-bond acceptors (Lipinski definition) is 6. The predicted molar refractivity (Wildman–Crippen MR) is 69.6 cm³/mol. The molecule has 0 radical (unpaired) electrons. The maximum Gasteiger partial charge on any atom is 0.170 e. The largest absolute Gasteiger partial charge is 0.353 e. The molecule has 1 atom stereocenters. The summed E-state index contributed by atoms with van der Waals surface area (Å²) >= 11 is 3.18. The Morgan fingerprint density at radius 3 is 3.18 bits per heavy atom. The highest BCUT2D eigenvalue weighted by Gasteiger charge is 2.13. The standard InChI is InChI=1S/C11H18N2O2S2/c1-2-9-12-11(17-13-9)16-8-7-15-10-5-3-4-6-14-10/h10H,2-8H2,1H3/t10-/m1/s1. The van der Waals surface area contributed by atoms with E-state index in [-0.39, 0.29) is 6.29 Å². The summed E-state index contributed by atoms with van der Waals surface area (Å²) in [7, 11) is 0. The first-order valence-corrected chi connectivity index (χ1v) is 7.83. The first-order chi connectivity index (χ1) is 8.38. The van der Waals surface area contributed by atoms with Gasteiger partial charge in [0.2, 0.25) is 0 Å². The molecular weight excluding hydrogens is 256 g/mol. The first-order valence-electron chi connectivity index (χ1n) is 6.07. The molecule has 6 heteroatoms. The zero-order valence-electron chi connectivity index (χ0n) is 10.1. The van der Waals surface area contributed by atoms with E-state index in [2.05, 4.69) is 16.3 Å². The molecule has 0 unspecified atom stereocenters. The summed E-state index contributed by atoms with van der Waals surface area (Å²) < 4.78 is 16.4. The summed E-state index contributed by atoms with van der Waals surface area (Å²) in [6.45, 7) is 3.63. The van der Waals surface area contributed by atoms with Crippen LogP contribution in [-0.4, -0.2) is 34.6 Å². The zero-order chi connectivity index (χ0) is 11.9. The summed E-state index contributed by atoms with van der Waals surface area (Å²) in [6.07, 6.45) is 4.34. The molecule has 0 bridgehead atoms. The van der Waals surface area contributed by atoms with Gasteiger partial charge in [-0.05, 0) is 30.8 Å². The molecular formula is C11H18N2O2S2. The lowest BCUT2D eigenvalue weighted by Gasteiger charge is -2.22. The summed E-state index contributed by atoms with van der Waals surface area (Å²) in [5.41, 5.74) is 0. The second-order valence-corrected chi connectivity index (χ2v) is 5.94. The van der Waals surface area contributed by atoms with E-state index in [0.717, 1.165) is 42.0 Å². The second-order valence-electron chi connectivity index (χ2n) is 3.85. The fraction of sp³-hybridized carbons (Fsp3) is 0.818. The third kappa shape index (κ3) is 4.54. The average Bonchev–Trinajstić information content (AvgIpc) is 2.84. The predicted octanol–water partition coefficient (Wildman–Crippen LogP) is 2.74. The van der Waals surface area contributed by atoms with Crippen molar-refractivity contribution in [3.05, 3.63) is 5.82 Å². The Bertz CT molecular complexity index is 327. The van der Waals surface area contributed by atoms with Crippen LogP contribution < -0.4 is 0 Å². The van der Waals surface area contributed by atoms with Gasteiger partial charge in [0.15, 0.2) is 10.6 Å². The van der Waals surface area contributed by atoms with E-state index >= 15 is 0 Å². The topological polar surface area (TPSA) is 44.2 Å². The van der Waals surface area contributed by atoms with Gasteiger partial charge in [0.1, 0.15) is 5.82 Å². The van der Waals surface area contributed by atoms with Gasteiger partial charge in [-0.3, -0.25) is 0 Å². The third-order valence-corrected chi connectivity index (χ3v) is 4.35. The van der Waals surface area contributed by atoms with Crippen molar-refractivity contribution < 1.29 is 9.47 Å². The molecule has 0 amide bonds. The highest BCUT2D eigenvalue weighted by Crippen LogP contribution is 2.20. The second kappa shape index (κ2) is 7.31. The van der Waals surface area contributed by atoms with Gasteiger partial charge in [0.05, 0.1) is 6.61 Å². The molecule has 4 nitrogen and oxygen atoms in total. The molecule has 0 N–H and O–H groups in total. The van der Waals surface area contributed by atoms with Crippen LogP contribution in [0.5, 0.6) is 0 Å². The molecule has 0 saturated carbocycles. The minimum atomic E-state index is 0.0185. The fourth-order valence-electron chi connectivity index (χ4n) is 1.59. The van der Waals surface area contributed by atoms with Crippen LogP contribution in [0.15, 0.2) is 4.34 Å². The van der Waals surface area contributed by atoms with E-state index in [9.17, 15) is 0 Å². The van der Waals surface area contributed by atoms with Crippen LogP contribution >= 0.6 is 23.3 Å². The summed E-state index contributed by atoms with van der Waals surface area (Å²) in [5, 5.41) is 0. The quantitative estimate of drug-likeness (QED) is 0.589. The van der Waals surface area contributed by atoms with Crippen LogP contribution in [0.1, 0.15) is 32.0 Å². The molecule has 1 aliphatic heterocycles. The van der Waals surface area contributed by atoms with Crippen molar-refractivity contribution in [2.75, 3.05) is 19.0 Å². The number of ether oxygens (including phenoxy) is 2. The highest BCUT2D eigenvalue weighted by atomic mass is 32.2. The van der Waals surface area contributed by atoms with Crippen molar-refractivity contribution in [3.8, 4) is 0 Å². The Kier molecular flexibility index (Phi) is 5.70. The average molecular weight is 274 g/mol. The lowest BCUT2D eigenvalue weighted by Crippen LogP contribution is -2.23. The smallest absolute Gasteiger partial charge is 0.170 e. The van der Waals surface area contributed by atoms with Crippen molar-refractivity contribution in [2.24, 2.45) is 0 Å². The summed E-state index contributed by atoms with van der Waals surface area (Å²) in [4.78, 5) is 4.40. The lowest BCUT2D eigenvalue weighted by atomic mass is 10.2. The molecule has 2 heterocycles. The molecule has 17 heavy (non-hydrogen) atoms. The van der Waals surface area contributed by atoms with Gasteiger partial charge >= 0.3 is 0 Å². The van der Waals surface area contributed by atoms with Gasteiger partial charge in [-0.1, -0.05) is 18.7 Å². The van der Waals surface area contributed by atoms with Gasteiger partial charge in [0, 0.05) is 18.8 Å². The lowest BCUT2D eigenvalue weighted by molar-refractivity contribution is -0.158. The first kappa shape index (κ1) is 13.3. The monoisotopic (exact) mass is 274 g/mol. The molecule has 96 valence electrons. The van der Waals surface area contributed by atoms with E-state index in [1.807, 2.05) is 0 Å². The van der Waals surface area contributed by atoms with E-state index in [1.54, 1.807) is 11.8 Å². The van der Waals surface area contributed by atoms with Crippen molar-refractivity contribution in [1.82, 2.24) is 9.36 Å². The van der Waals surface area contributed by atoms with Crippen molar-refractivity contribution in [2.45, 2.75) is 43.2 Å². The van der Waals surface area contributed by atoms with Crippen LogP contribution in [0.2, 0.25) is 0 Å². The van der Waals surface area contributed by atoms with Crippen LogP contribution in [0.3, 0.4) is 0 Å². The van der Waals surface area contributed by atoms with Crippen molar-refractivity contribution in [1.29, 1.82) is 0 Å². The van der Waals surface area contributed by atoms with Gasteiger partial charge in [-0.15, -0.1) is 0 Å². The van der Waals surface area contributed by atoms with E-state index < -0.39 is 0 Å². The minimum absolute atomic E-state index is 0.0185. The number of thioether (sulfide) groups is 1. The van der Waals surface area contributed by atoms with Crippen molar-refractivity contribution >= 4 is 23.3 Å². The molecule has 0 aromatic carbocycles. The summed E-state index contributed by atoms with van der Waals surface area (Å²) in [6, 6.07) is 0. The number of aromatic nitrogens is 2. The molecule has 1 aromatic rings. The van der Waals surface area contributed by atoms with Gasteiger partial charge in [0.25, 0.3) is 0 Å². The maximum atomic E-state index is 5.65. The Balaban J connectivity index is 1.59. The van der Waals surface area contributed by atoms with Crippen LogP contribution in [0.4, 0.5) is 0 Å². The minimum Gasteiger partial charge on any atom is -0.353 e. The zero-order valence-corrected chi connectivity index (χ0v) is 11.7. The van der Waals surface area contributed by atoms with E-state index in [0.29, 0.717) is 0 Å². The molecule has 1 fully saturated rings. The normalized spacial score (nSPS) is 20.6. The Labute approximate surface area is 110 Å². The molecule has 1 saturated heterocycles. The fourth-order valence-corrected chi connectivity index (χ4v) is 3.19. The molecule has 1 aromatic heterocycles. The van der Waals surface area contributed by atoms with E-state index in [1.165, 1.54) is 24.4 Å². The Hall–Kier alpha value is -0.170. The summed E-state index contributed by atoms with van der Waals surface area (Å²) in [5.74, 6) is 1.85. The SMILES string of the molecule is CCc1nsc(SCCO[C@@H]2CCCCO2)n1. The Morgan fingerprint density at radius 2 is 2.47 bits per heavy atom. The van der Waals surface area contributed by atoms with Crippen molar-refractivity contribution in [3.63, 3.8) is 0 Å². The number of hydrogen-bond donors (Lipinski definition) is 0. The van der Waals surface area contributed by atoms with E-state index in [4.69, 9.17) is 9.47 Å². The Morgan fingerprint density at radius 1 is 1.53 bits per heavy atom. The maximum absolute atomic E-state index is 5.65.